The van der Waals surface area contributed by atoms with Crippen LogP contribution in [0.4, 0.5) is 0 Å². The standard InChI is InChI=1S/C16H28O/c1-14(2)8-5-9-15(3)12(14)6-10-16(4)13(15)7-11-17-16/h12-13H,5-11H2,1-4H3/t12?,13-,15+,16-/m1/s1. The van der Waals surface area contributed by atoms with Crippen LogP contribution in [0.2, 0.25) is 0 Å². The fourth-order valence-corrected chi connectivity index (χ4v) is 5.82. The van der Waals surface area contributed by atoms with Gasteiger partial charge < -0.3 is 4.74 Å². The van der Waals surface area contributed by atoms with Crippen molar-refractivity contribution in [3.8, 4) is 0 Å². The van der Waals surface area contributed by atoms with Gasteiger partial charge in [-0.1, -0.05) is 27.2 Å². The van der Waals surface area contributed by atoms with E-state index in [1.165, 1.54) is 38.5 Å². The summed E-state index contributed by atoms with van der Waals surface area (Å²) in [6.45, 7) is 11.0. The van der Waals surface area contributed by atoms with Crippen LogP contribution in [-0.4, -0.2) is 12.2 Å². The molecule has 1 saturated heterocycles. The van der Waals surface area contributed by atoms with Crippen LogP contribution < -0.4 is 0 Å². The van der Waals surface area contributed by atoms with Crippen molar-refractivity contribution >= 4 is 0 Å². The molecule has 1 heteroatoms. The van der Waals surface area contributed by atoms with E-state index >= 15 is 0 Å². The molecule has 2 saturated carbocycles. The summed E-state index contributed by atoms with van der Waals surface area (Å²) in [5, 5.41) is 0. The molecule has 3 rings (SSSR count). The lowest BCUT2D eigenvalue weighted by Gasteiger charge is -2.60. The van der Waals surface area contributed by atoms with E-state index in [1.807, 2.05) is 0 Å². The van der Waals surface area contributed by atoms with Gasteiger partial charge in [-0.25, -0.2) is 0 Å². The van der Waals surface area contributed by atoms with Crippen molar-refractivity contribution in [2.24, 2.45) is 22.7 Å². The molecule has 1 unspecified atom stereocenters. The molecule has 0 aromatic rings. The number of fused-ring (bicyclic) bond motifs is 3. The zero-order valence-corrected chi connectivity index (χ0v) is 12.0. The van der Waals surface area contributed by atoms with Gasteiger partial charge in [0.15, 0.2) is 0 Å². The van der Waals surface area contributed by atoms with Crippen LogP contribution in [0.5, 0.6) is 0 Å². The van der Waals surface area contributed by atoms with E-state index in [2.05, 4.69) is 27.7 Å². The van der Waals surface area contributed by atoms with Crippen LogP contribution in [-0.2, 0) is 4.74 Å². The highest BCUT2D eigenvalue weighted by atomic mass is 16.5. The minimum absolute atomic E-state index is 0.207. The minimum Gasteiger partial charge on any atom is -0.375 e. The normalized spacial score (nSPS) is 52.9. The minimum atomic E-state index is 0.207. The molecule has 98 valence electrons. The van der Waals surface area contributed by atoms with Gasteiger partial charge in [0.05, 0.1) is 5.60 Å². The predicted octanol–water partition coefficient (Wildman–Crippen LogP) is 4.41. The van der Waals surface area contributed by atoms with Crippen molar-refractivity contribution in [2.45, 2.75) is 71.8 Å². The van der Waals surface area contributed by atoms with Gasteiger partial charge in [-0.2, -0.15) is 0 Å². The first-order valence-corrected chi connectivity index (χ1v) is 7.52. The molecule has 4 atom stereocenters. The quantitative estimate of drug-likeness (QED) is 0.605. The zero-order valence-electron chi connectivity index (χ0n) is 12.0. The maximum absolute atomic E-state index is 6.13. The third kappa shape index (κ3) is 1.54. The first-order valence-electron chi connectivity index (χ1n) is 7.52. The first kappa shape index (κ1) is 12.0. The Balaban J connectivity index is 1.98. The van der Waals surface area contributed by atoms with Crippen LogP contribution in [0.1, 0.15) is 66.2 Å². The lowest BCUT2D eigenvalue weighted by molar-refractivity contribution is -0.147. The fourth-order valence-electron chi connectivity index (χ4n) is 5.82. The predicted molar refractivity (Wildman–Crippen MR) is 70.9 cm³/mol. The Morgan fingerprint density at radius 3 is 2.41 bits per heavy atom. The van der Waals surface area contributed by atoms with Crippen LogP contribution >= 0.6 is 0 Å². The second-order valence-corrected chi connectivity index (χ2v) is 7.94. The van der Waals surface area contributed by atoms with E-state index < -0.39 is 0 Å². The van der Waals surface area contributed by atoms with Gasteiger partial charge in [0.25, 0.3) is 0 Å². The van der Waals surface area contributed by atoms with Crippen LogP contribution in [0, 0.1) is 22.7 Å². The largest absolute Gasteiger partial charge is 0.375 e. The molecule has 3 fully saturated rings. The second-order valence-electron chi connectivity index (χ2n) is 7.94. The van der Waals surface area contributed by atoms with Crippen LogP contribution in [0.15, 0.2) is 0 Å². The second kappa shape index (κ2) is 3.50. The van der Waals surface area contributed by atoms with Gasteiger partial charge in [-0.3, -0.25) is 0 Å². The molecule has 0 N–H and O–H groups in total. The van der Waals surface area contributed by atoms with Crippen molar-refractivity contribution in [2.75, 3.05) is 6.61 Å². The van der Waals surface area contributed by atoms with Gasteiger partial charge in [-0.05, 0) is 61.7 Å². The Hall–Kier alpha value is -0.0400. The highest BCUT2D eigenvalue weighted by Gasteiger charge is 2.60. The average molecular weight is 236 g/mol. The third-order valence-corrected chi connectivity index (χ3v) is 6.58. The van der Waals surface area contributed by atoms with E-state index in [0.717, 1.165) is 18.4 Å². The van der Waals surface area contributed by atoms with Crippen LogP contribution in [0.3, 0.4) is 0 Å². The first-order chi connectivity index (χ1) is 7.89. The van der Waals surface area contributed by atoms with E-state index in [-0.39, 0.29) is 5.60 Å². The Labute approximate surface area is 106 Å². The summed E-state index contributed by atoms with van der Waals surface area (Å²) in [7, 11) is 0. The molecular weight excluding hydrogens is 208 g/mol. The SMILES string of the molecule is CC1(C)CCC[C@@]2(C)C1CC[C@@]1(C)OCC[C@@H]12. The number of ether oxygens (including phenoxy) is 1. The summed E-state index contributed by atoms with van der Waals surface area (Å²) < 4.78 is 6.13. The Morgan fingerprint density at radius 1 is 0.882 bits per heavy atom. The average Bonchev–Trinajstić information content (AvgIpc) is 2.60. The molecule has 2 aliphatic carbocycles. The smallest absolute Gasteiger partial charge is 0.0688 e. The summed E-state index contributed by atoms with van der Waals surface area (Å²) in [5.41, 5.74) is 1.31. The third-order valence-electron chi connectivity index (χ3n) is 6.58. The summed E-state index contributed by atoms with van der Waals surface area (Å²) >= 11 is 0. The molecule has 0 bridgehead atoms. The Morgan fingerprint density at radius 2 is 1.65 bits per heavy atom. The molecule has 0 aromatic carbocycles. The van der Waals surface area contributed by atoms with Crippen LogP contribution in [0.25, 0.3) is 0 Å². The lowest BCUT2D eigenvalue weighted by Crippen LogP contribution is -2.55. The van der Waals surface area contributed by atoms with Gasteiger partial charge >= 0.3 is 0 Å². The summed E-state index contributed by atoms with van der Waals surface area (Å²) in [5.74, 6) is 1.73. The monoisotopic (exact) mass is 236 g/mol. The zero-order chi connectivity index (χ0) is 12.3. The van der Waals surface area contributed by atoms with Crippen molar-refractivity contribution in [1.29, 1.82) is 0 Å². The molecule has 0 radical (unpaired) electrons. The molecule has 17 heavy (non-hydrogen) atoms. The molecule has 0 aromatic heterocycles. The Kier molecular flexibility index (Phi) is 2.47. The Bertz CT molecular complexity index is 317. The topological polar surface area (TPSA) is 9.23 Å². The van der Waals surface area contributed by atoms with E-state index in [9.17, 15) is 0 Å². The summed E-state index contributed by atoms with van der Waals surface area (Å²) in [6.07, 6.45) is 8.27. The maximum Gasteiger partial charge on any atom is 0.0688 e. The molecule has 1 aliphatic heterocycles. The fraction of sp³-hybridized carbons (Fsp3) is 1.00. The highest BCUT2D eigenvalue weighted by Crippen LogP contribution is 2.64. The van der Waals surface area contributed by atoms with Gasteiger partial charge in [0, 0.05) is 6.61 Å². The number of rotatable bonds is 0. The van der Waals surface area contributed by atoms with Crippen molar-refractivity contribution < 1.29 is 4.74 Å². The molecule has 1 heterocycles. The van der Waals surface area contributed by atoms with Crippen molar-refractivity contribution in [3.63, 3.8) is 0 Å². The molecule has 0 amide bonds. The molecule has 0 spiro atoms. The summed E-state index contributed by atoms with van der Waals surface area (Å²) in [4.78, 5) is 0. The highest BCUT2D eigenvalue weighted by molar-refractivity contribution is 5.09. The number of hydrogen-bond acceptors (Lipinski definition) is 1. The van der Waals surface area contributed by atoms with E-state index in [1.54, 1.807) is 0 Å². The van der Waals surface area contributed by atoms with Gasteiger partial charge in [0.1, 0.15) is 0 Å². The maximum atomic E-state index is 6.13. The van der Waals surface area contributed by atoms with Gasteiger partial charge in [-0.15, -0.1) is 0 Å². The van der Waals surface area contributed by atoms with Crippen molar-refractivity contribution in [1.82, 2.24) is 0 Å². The van der Waals surface area contributed by atoms with Crippen molar-refractivity contribution in [3.05, 3.63) is 0 Å². The van der Waals surface area contributed by atoms with E-state index in [0.29, 0.717) is 10.8 Å². The molecule has 1 nitrogen and oxygen atoms in total. The number of hydrogen-bond donors (Lipinski definition) is 0. The molecular formula is C16H28O. The summed E-state index contributed by atoms with van der Waals surface area (Å²) in [6, 6.07) is 0. The van der Waals surface area contributed by atoms with E-state index in [4.69, 9.17) is 4.74 Å². The van der Waals surface area contributed by atoms with Gasteiger partial charge in [0.2, 0.25) is 0 Å². The lowest BCUT2D eigenvalue weighted by atomic mass is 9.46. The molecule has 3 aliphatic rings.